The Kier molecular flexibility index (Phi) is 5.26. The predicted molar refractivity (Wildman–Crippen MR) is 75.4 cm³/mol. The lowest BCUT2D eigenvalue weighted by atomic mass is 10.2. The molecule has 0 aliphatic heterocycles. The summed E-state index contributed by atoms with van der Waals surface area (Å²) in [6.45, 7) is 9.65. The molecule has 0 unspecified atom stereocenters. The minimum atomic E-state index is 0.435. The highest BCUT2D eigenvalue weighted by Gasteiger charge is 2.14. The fraction of sp³-hybridized carbons (Fsp3) is 0.643. The number of unbranched alkanes of at least 4 members (excludes halogenated alkanes) is 2. The van der Waals surface area contributed by atoms with Crippen molar-refractivity contribution in [2.75, 3.05) is 17.2 Å². The van der Waals surface area contributed by atoms with Crippen LogP contribution in [-0.2, 0) is 0 Å². The first-order valence-corrected chi connectivity index (χ1v) is 6.55. The maximum atomic E-state index is 6.06. The monoisotopic (exact) mass is 235 g/mol. The van der Waals surface area contributed by atoms with Gasteiger partial charge in [0.05, 0.1) is 5.69 Å². The first-order chi connectivity index (χ1) is 8.06. The van der Waals surface area contributed by atoms with Crippen molar-refractivity contribution in [1.29, 1.82) is 0 Å². The Morgan fingerprint density at radius 3 is 2.59 bits per heavy atom. The number of nitrogen functional groups attached to an aromatic ring is 1. The summed E-state index contributed by atoms with van der Waals surface area (Å²) in [5.41, 5.74) is 7.96. The Bertz CT molecular complexity index is 347. The molecule has 1 aromatic heterocycles. The number of rotatable bonds is 6. The number of pyridine rings is 1. The summed E-state index contributed by atoms with van der Waals surface area (Å²) in [7, 11) is 0. The van der Waals surface area contributed by atoms with Crippen molar-refractivity contribution in [2.24, 2.45) is 0 Å². The van der Waals surface area contributed by atoms with E-state index in [1.807, 2.05) is 19.2 Å². The van der Waals surface area contributed by atoms with E-state index in [0.717, 1.165) is 23.6 Å². The van der Waals surface area contributed by atoms with E-state index in [1.54, 1.807) is 0 Å². The van der Waals surface area contributed by atoms with Crippen LogP contribution in [0.3, 0.4) is 0 Å². The number of nitrogens with two attached hydrogens (primary N) is 1. The van der Waals surface area contributed by atoms with Crippen molar-refractivity contribution in [3.63, 3.8) is 0 Å². The molecule has 0 bridgehead atoms. The van der Waals surface area contributed by atoms with E-state index < -0.39 is 0 Å². The Labute approximate surface area is 105 Å². The average Bonchev–Trinajstić information content (AvgIpc) is 2.25. The predicted octanol–water partition coefficient (Wildman–Crippen LogP) is 3.38. The van der Waals surface area contributed by atoms with Crippen LogP contribution in [0.2, 0.25) is 0 Å². The number of aryl methyl sites for hydroxylation is 1. The highest BCUT2D eigenvalue weighted by molar-refractivity contribution is 5.63. The number of nitrogens with zero attached hydrogens (tertiary/aromatic N) is 2. The second kappa shape index (κ2) is 6.48. The topological polar surface area (TPSA) is 42.2 Å². The lowest BCUT2D eigenvalue weighted by Gasteiger charge is -2.29. The molecule has 1 aromatic rings. The first-order valence-electron chi connectivity index (χ1n) is 6.55. The molecule has 0 fully saturated rings. The second-order valence-corrected chi connectivity index (χ2v) is 4.92. The van der Waals surface area contributed by atoms with Gasteiger partial charge >= 0.3 is 0 Å². The van der Waals surface area contributed by atoms with E-state index >= 15 is 0 Å². The Balaban J connectivity index is 2.82. The van der Waals surface area contributed by atoms with E-state index in [-0.39, 0.29) is 0 Å². The number of anilines is 2. The SMILES string of the molecule is CCCCCN(c1ncc(C)cc1N)C(C)C. The molecular weight excluding hydrogens is 210 g/mol. The van der Waals surface area contributed by atoms with Crippen LogP contribution in [0, 0.1) is 6.92 Å². The van der Waals surface area contributed by atoms with Crippen LogP contribution >= 0.6 is 0 Å². The van der Waals surface area contributed by atoms with Gasteiger partial charge in [-0.15, -0.1) is 0 Å². The Morgan fingerprint density at radius 2 is 2.06 bits per heavy atom. The van der Waals surface area contributed by atoms with Gasteiger partial charge in [0, 0.05) is 18.8 Å². The molecule has 0 spiro atoms. The standard InChI is InChI=1S/C14H25N3/c1-5-6-7-8-17(11(2)3)14-13(15)9-12(4)10-16-14/h9-11H,5-8,15H2,1-4H3. The molecule has 0 amide bonds. The van der Waals surface area contributed by atoms with Crippen LogP contribution in [0.4, 0.5) is 11.5 Å². The van der Waals surface area contributed by atoms with Crippen LogP contribution in [-0.4, -0.2) is 17.6 Å². The summed E-state index contributed by atoms with van der Waals surface area (Å²) in [5, 5.41) is 0. The molecule has 0 aliphatic rings. The minimum Gasteiger partial charge on any atom is -0.396 e. The van der Waals surface area contributed by atoms with Crippen LogP contribution in [0.1, 0.15) is 45.6 Å². The van der Waals surface area contributed by atoms with Crippen molar-refractivity contribution in [3.8, 4) is 0 Å². The highest BCUT2D eigenvalue weighted by atomic mass is 15.2. The fourth-order valence-electron chi connectivity index (χ4n) is 1.97. The third-order valence-corrected chi connectivity index (χ3v) is 2.93. The quantitative estimate of drug-likeness (QED) is 0.769. The van der Waals surface area contributed by atoms with E-state index in [1.165, 1.54) is 19.3 Å². The molecule has 17 heavy (non-hydrogen) atoms. The van der Waals surface area contributed by atoms with Gasteiger partial charge in [0.25, 0.3) is 0 Å². The third kappa shape index (κ3) is 3.91. The second-order valence-electron chi connectivity index (χ2n) is 4.92. The largest absolute Gasteiger partial charge is 0.396 e. The normalized spacial score (nSPS) is 10.9. The molecule has 0 radical (unpaired) electrons. The van der Waals surface area contributed by atoms with Gasteiger partial charge in [0.15, 0.2) is 5.82 Å². The van der Waals surface area contributed by atoms with Gasteiger partial charge in [-0.2, -0.15) is 0 Å². The average molecular weight is 235 g/mol. The molecule has 96 valence electrons. The van der Waals surface area contributed by atoms with E-state index in [0.29, 0.717) is 6.04 Å². The van der Waals surface area contributed by atoms with Crippen molar-refractivity contribution in [1.82, 2.24) is 4.98 Å². The summed E-state index contributed by atoms with van der Waals surface area (Å²) in [6.07, 6.45) is 5.59. The third-order valence-electron chi connectivity index (χ3n) is 2.93. The zero-order valence-electron chi connectivity index (χ0n) is 11.5. The fourth-order valence-corrected chi connectivity index (χ4v) is 1.97. The van der Waals surface area contributed by atoms with Crippen LogP contribution in [0.5, 0.6) is 0 Å². The van der Waals surface area contributed by atoms with Crippen molar-refractivity contribution in [2.45, 2.75) is 53.0 Å². The van der Waals surface area contributed by atoms with E-state index in [9.17, 15) is 0 Å². The van der Waals surface area contributed by atoms with Gasteiger partial charge in [-0.3, -0.25) is 0 Å². The Morgan fingerprint density at radius 1 is 1.35 bits per heavy atom. The molecule has 2 N–H and O–H groups in total. The van der Waals surface area contributed by atoms with E-state index in [2.05, 4.69) is 30.7 Å². The molecule has 0 aliphatic carbocycles. The maximum absolute atomic E-state index is 6.06. The molecule has 0 aromatic carbocycles. The molecule has 3 nitrogen and oxygen atoms in total. The van der Waals surface area contributed by atoms with Gasteiger partial charge < -0.3 is 10.6 Å². The number of aromatic nitrogens is 1. The molecule has 1 rings (SSSR count). The van der Waals surface area contributed by atoms with Crippen molar-refractivity contribution in [3.05, 3.63) is 17.8 Å². The Hall–Kier alpha value is -1.25. The van der Waals surface area contributed by atoms with Gasteiger partial charge in [0.2, 0.25) is 0 Å². The van der Waals surface area contributed by atoms with Gasteiger partial charge in [-0.1, -0.05) is 19.8 Å². The van der Waals surface area contributed by atoms with Crippen LogP contribution in [0.25, 0.3) is 0 Å². The van der Waals surface area contributed by atoms with Gasteiger partial charge in [-0.05, 0) is 38.8 Å². The molecule has 0 atom stereocenters. The highest BCUT2D eigenvalue weighted by Crippen LogP contribution is 2.23. The summed E-state index contributed by atoms with van der Waals surface area (Å²) in [6, 6.07) is 2.43. The smallest absolute Gasteiger partial charge is 0.152 e. The molecular formula is C14H25N3. The van der Waals surface area contributed by atoms with E-state index in [4.69, 9.17) is 5.73 Å². The first kappa shape index (κ1) is 13.8. The van der Waals surface area contributed by atoms with Crippen molar-refractivity contribution >= 4 is 11.5 Å². The van der Waals surface area contributed by atoms with Crippen LogP contribution in [0.15, 0.2) is 12.3 Å². The molecule has 1 heterocycles. The van der Waals surface area contributed by atoms with Gasteiger partial charge in [0.1, 0.15) is 0 Å². The van der Waals surface area contributed by atoms with Crippen LogP contribution < -0.4 is 10.6 Å². The summed E-state index contributed by atoms with van der Waals surface area (Å²) < 4.78 is 0. The summed E-state index contributed by atoms with van der Waals surface area (Å²) >= 11 is 0. The maximum Gasteiger partial charge on any atom is 0.152 e. The van der Waals surface area contributed by atoms with Crippen molar-refractivity contribution < 1.29 is 0 Å². The molecule has 3 heteroatoms. The minimum absolute atomic E-state index is 0.435. The van der Waals surface area contributed by atoms with Gasteiger partial charge in [-0.25, -0.2) is 4.98 Å². The molecule has 0 saturated carbocycles. The zero-order valence-corrected chi connectivity index (χ0v) is 11.5. The lowest BCUT2D eigenvalue weighted by Crippen LogP contribution is -2.33. The summed E-state index contributed by atoms with van der Waals surface area (Å²) in [4.78, 5) is 6.78. The number of hydrogen-bond donors (Lipinski definition) is 1. The lowest BCUT2D eigenvalue weighted by molar-refractivity contribution is 0.620. The summed E-state index contributed by atoms with van der Waals surface area (Å²) in [5.74, 6) is 0.932. The molecule has 0 saturated heterocycles. The number of hydrogen-bond acceptors (Lipinski definition) is 3. The zero-order chi connectivity index (χ0) is 12.8.